The monoisotopic (exact) mass is 372 g/mol. The highest BCUT2D eigenvalue weighted by molar-refractivity contribution is 6.23. The summed E-state index contributed by atoms with van der Waals surface area (Å²) in [5.41, 5.74) is 6.87. The number of hydrogen-bond acceptors (Lipinski definition) is 5. The summed E-state index contributed by atoms with van der Waals surface area (Å²) in [5.74, 6) is -0.534. The minimum absolute atomic E-state index is 0.303. The first-order valence-electron chi connectivity index (χ1n) is 8.50. The highest BCUT2D eigenvalue weighted by atomic mass is 16.2. The molecule has 0 aliphatic carbocycles. The van der Waals surface area contributed by atoms with Crippen LogP contribution in [-0.4, -0.2) is 80.0 Å². The zero-order valence-corrected chi connectivity index (χ0v) is 15.7. The third-order valence-electron chi connectivity index (χ3n) is 4.44. The number of aliphatic imine (C=N–C) groups is 1. The fourth-order valence-electron chi connectivity index (χ4n) is 3.21. The minimum atomic E-state index is -0.831. The summed E-state index contributed by atoms with van der Waals surface area (Å²) in [4.78, 5) is 43.6. The summed E-state index contributed by atoms with van der Waals surface area (Å²) < 4.78 is 3.40. The van der Waals surface area contributed by atoms with Crippen molar-refractivity contribution in [2.45, 2.75) is 26.8 Å². The van der Waals surface area contributed by atoms with Gasteiger partial charge in [-0.3, -0.25) is 19.4 Å². The molecule has 2 N–H and O–H groups in total. The first-order chi connectivity index (χ1) is 12.8. The number of urea groups is 1. The number of amides is 4. The van der Waals surface area contributed by atoms with E-state index in [4.69, 9.17) is 5.73 Å². The van der Waals surface area contributed by atoms with E-state index < -0.39 is 30.4 Å². The predicted molar refractivity (Wildman–Crippen MR) is 97.3 cm³/mol. The zero-order valence-electron chi connectivity index (χ0n) is 15.7. The molecule has 0 saturated carbocycles. The normalized spacial score (nSPS) is 20.0. The summed E-state index contributed by atoms with van der Waals surface area (Å²) >= 11 is 0. The molecular formula is C17H22N7O3+. The summed E-state index contributed by atoms with van der Waals surface area (Å²) in [6, 6.07) is 0.440. The molecule has 1 aromatic rings. The van der Waals surface area contributed by atoms with E-state index in [0.717, 1.165) is 16.3 Å². The molecule has 0 aromatic carbocycles. The summed E-state index contributed by atoms with van der Waals surface area (Å²) in [6.07, 6.45) is 3.74. The molecule has 0 spiro atoms. The van der Waals surface area contributed by atoms with Crippen molar-refractivity contribution >= 4 is 29.6 Å². The molecule has 3 rings (SSSR count). The number of rotatable bonds is 4. The van der Waals surface area contributed by atoms with Crippen LogP contribution in [0.15, 0.2) is 23.2 Å². The standard InChI is InChI=1S/C17H21N7O3/c1-5-6-7-22-13-14(19-16(22)24-11(3)8-10(2)20-24)21(4)17(27)23(15(13)26)9-12(18)25/h5-6,8,13H,7,9H2,1-4H3,(H-,18,25)/p+1/b6-5+. The van der Waals surface area contributed by atoms with Gasteiger partial charge in [0.15, 0.2) is 0 Å². The number of primary amides is 1. The number of aromatic nitrogens is 2. The molecule has 1 aromatic heterocycles. The van der Waals surface area contributed by atoms with Gasteiger partial charge < -0.3 is 5.73 Å². The second kappa shape index (κ2) is 6.78. The van der Waals surface area contributed by atoms with Gasteiger partial charge in [0.25, 0.3) is 5.91 Å². The maximum atomic E-state index is 13.0. The van der Waals surface area contributed by atoms with Crippen molar-refractivity contribution < 1.29 is 19.0 Å². The molecule has 1 saturated heterocycles. The van der Waals surface area contributed by atoms with Gasteiger partial charge in [-0.15, -0.1) is 9.78 Å². The number of carbonyl (C=O) groups excluding carboxylic acids is 3. The van der Waals surface area contributed by atoms with E-state index in [9.17, 15) is 14.4 Å². The Kier molecular flexibility index (Phi) is 4.64. The van der Waals surface area contributed by atoms with E-state index >= 15 is 0 Å². The molecule has 10 heteroatoms. The number of imide groups is 1. The van der Waals surface area contributed by atoms with Crippen LogP contribution in [0.4, 0.5) is 4.79 Å². The van der Waals surface area contributed by atoms with Gasteiger partial charge in [0.1, 0.15) is 12.2 Å². The number of nitrogens with two attached hydrogens (primary N) is 1. The Balaban J connectivity index is 2.14. The largest absolute Gasteiger partial charge is 0.421 e. The molecular weight excluding hydrogens is 350 g/mol. The highest BCUT2D eigenvalue weighted by Crippen LogP contribution is 2.21. The molecule has 0 bridgehead atoms. The number of hydrogen-bond donors (Lipinski definition) is 1. The number of fused-ring (bicyclic) bond motifs is 1. The topological polar surface area (TPSA) is 117 Å². The summed E-state index contributed by atoms with van der Waals surface area (Å²) in [5, 5.41) is 4.45. The smallest absolute Gasteiger partial charge is 0.368 e. The second-order valence-corrected chi connectivity index (χ2v) is 6.47. The SMILES string of the molecule is C/C=C/C[N+]1=C(n2nc(C)cc2C)N=C2C1C(=O)N(CC(N)=O)C(=O)N2C. The van der Waals surface area contributed by atoms with E-state index in [0.29, 0.717) is 18.3 Å². The van der Waals surface area contributed by atoms with E-state index in [2.05, 4.69) is 10.1 Å². The molecule has 2 aliphatic heterocycles. The Bertz CT molecular complexity index is 925. The molecule has 142 valence electrons. The van der Waals surface area contributed by atoms with Crippen molar-refractivity contribution in [3.05, 3.63) is 29.6 Å². The van der Waals surface area contributed by atoms with E-state index in [1.807, 2.05) is 39.0 Å². The maximum Gasteiger partial charge on any atom is 0.421 e. The van der Waals surface area contributed by atoms with Crippen LogP contribution in [0.1, 0.15) is 18.3 Å². The number of carbonyl (C=O) groups is 3. The van der Waals surface area contributed by atoms with Crippen LogP contribution in [0.5, 0.6) is 0 Å². The van der Waals surface area contributed by atoms with Gasteiger partial charge in [-0.2, -0.15) is 0 Å². The van der Waals surface area contributed by atoms with E-state index in [1.54, 1.807) is 9.26 Å². The highest BCUT2D eigenvalue weighted by Gasteiger charge is 2.53. The van der Waals surface area contributed by atoms with Crippen LogP contribution in [0.25, 0.3) is 0 Å². The number of likely N-dealkylation sites (N-methyl/N-ethyl adjacent to an activating group) is 1. The average Bonchev–Trinajstić information content (AvgIpc) is 3.14. The maximum absolute atomic E-state index is 13.0. The third kappa shape index (κ3) is 3.03. The van der Waals surface area contributed by atoms with Crippen molar-refractivity contribution in [1.82, 2.24) is 19.6 Å². The summed E-state index contributed by atoms with van der Waals surface area (Å²) in [7, 11) is 1.52. The van der Waals surface area contributed by atoms with Gasteiger partial charge >= 0.3 is 12.0 Å². The van der Waals surface area contributed by atoms with Gasteiger partial charge in [0.05, 0.1) is 12.2 Å². The lowest BCUT2D eigenvalue weighted by Crippen LogP contribution is -2.64. The Labute approximate surface area is 156 Å². The first-order valence-corrected chi connectivity index (χ1v) is 8.50. The van der Waals surface area contributed by atoms with E-state index in [1.165, 1.54) is 11.9 Å². The molecule has 2 aliphatic rings. The van der Waals surface area contributed by atoms with Crippen LogP contribution in [-0.2, 0) is 9.59 Å². The van der Waals surface area contributed by atoms with Gasteiger partial charge in [-0.25, -0.2) is 9.37 Å². The molecule has 10 nitrogen and oxygen atoms in total. The van der Waals surface area contributed by atoms with Crippen molar-refractivity contribution in [1.29, 1.82) is 0 Å². The van der Waals surface area contributed by atoms with Gasteiger partial charge in [-0.1, -0.05) is 17.1 Å². The van der Waals surface area contributed by atoms with Crippen molar-refractivity contribution in [3.63, 3.8) is 0 Å². The van der Waals surface area contributed by atoms with Crippen molar-refractivity contribution in [2.24, 2.45) is 10.7 Å². The fourth-order valence-corrected chi connectivity index (χ4v) is 3.21. The lowest BCUT2D eigenvalue weighted by atomic mass is 10.1. The average molecular weight is 372 g/mol. The van der Waals surface area contributed by atoms with Crippen LogP contribution >= 0.6 is 0 Å². The molecule has 0 radical (unpaired) electrons. The van der Waals surface area contributed by atoms with Crippen LogP contribution in [0.3, 0.4) is 0 Å². The molecule has 1 unspecified atom stereocenters. The van der Waals surface area contributed by atoms with Crippen LogP contribution in [0, 0.1) is 13.8 Å². The molecule has 3 heterocycles. The van der Waals surface area contributed by atoms with Crippen molar-refractivity contribution in [3.8, 4) is 0 Å². The first kappa shape index (κ1) is 18.5. The van der Waals surface area contributed by atoms with Gasteiger partial charge in [-0.05, 0) is 26.8 Å². The zero-order chi connectivity index (χ0) is 19.9. The number of nitrogens with zero attached hydrogens (tertiary/aromatic N) is 6. The van der Waals surface area contributed by atoms with Crippen molar-refractivity contribution in [2.75, 3.05) is 20.1 Å². The molecule has 27 heavy (non-hydrogen) atoms. The van der Waals surface area contributed by atoms with E-state index in [-0.39, 0.29) is 0 Å². The minimum Gasteiger partial charge on any atom is -0.368 e. The number of aryl methyl sites for hydroxylation is 2. The quantitative estimate of drug-likeness (QED) is 0.564. The number of allylic oxidation sites excluding steroid dienone is 1. The van der Waals surface area contributed by atoms with Crippen LogP contribution < -0.4 is 5.73 Å². The second-order valence-electron chi connectivity index (χ2n) is 6.47. The lowest BCUT2D eigenvalue weighted by Gasteiger charge is -2.33. The third-order valence-corrected chi connectivity index (χ3v) is 4.44. The van der Waals surface area contributed by atoms with Gasteiger partial charge in [0.2, 0.25) is 17.8 Å². The molecule has 1 fully saturated rings. The van der Waals surface area contributed by atoms with Gasteiger partial charge in [0, 0.05) is 7.05 Å². The Morgan fingerprint density at radius 1 is 1.37 bits per heavy atom. The lowest BCUT2D eigenvalue weighted by molar-refractivity contribution is -0.527. The number of amidine groups is 1. The Morgan fingerprint density at radius 2 is 2.07 bits per heavy atom. The summed E-state index contributed by atoms with van der Waals surface area (Å²) in [6.45, 7) is 5.54. The molecule has 4 amide bonds. The fraction of sp³-hybridized carbons (Fsp3) is 0.412. The predicted octanol–water partition coefficient (Wildman–Crippen LogP) is -0.547. The Morgan fingerprint density at radius 3 is 2.63 bits per heavy atom. The molecule has 1 atom stereocenters. The Hall–Kier alpha value is -3.30. The van der Waals surface area contributed by atoms with Crippen LogP contribution in [0.2, 0.25) is 0 Å².